The number of piperidine rings is 1. The summed E-state index contributed by atoms with van der Waals surface area (Å²) < 4.78 is 0. The summed E-state index contributed by atoms with van der Waals surface area (Å²) in [5.41, 5.74) is 0. The molecule has 0 amide bonds. The maximum absolute atomic E-state index is 3.46. The maximum Gasteiger partial charge on any atom is 0.0255 e. The normalized spacial score (nSPS) is 30.0. The van der Waals surface area contributed by atoms with Crippen molar-refractivity contribution in [2.24, 2.45) is 5.92 Å². The van der Waals surface area contributed by atoms with E-state index in [-0.39, 0.29) is 0 Å². The summed E-state index contributed by atoms with van der Waals surface area (Å²) in [4.78, 5) is 4.65. The summed E-state index contributed by atoms with van der Waals surface area (Å²) in [6, 6.07) is 0.705. The van der Waals surface area contributed by atoms with Gasteiger partial charge < -0.3 is 15.1 Å². The molecule has 0 aromatic rings. The van der Waals surface area contributed by atoms with Crippen molar-refractivity contribution < 1.29 is 0 Å². The number of likely N-dealkylation sites (N-methyl/N-ethyl adjacent to an activating group) is 1. The molecule has 0 spiro atoms. The predicted molar refractivity (Wildman–Crippen MR) is 57.0 cm³/mol. The molecule has 0 aromatic carbocycles. The third-order valence-electron chi connectivity index (χ3n) is 2.85. The highest BCUT2D eigenvalue weighted by atomic mass is 15.2. The van der Waals surface area contributed by atoms with Gasteiger partial charge in [0.2, 0.25) is 0 Å². The number of hydrogen-bond acceptors (Lipinski definition) is 3. The molecule has 13 heavy (non-hydrogen) atoms. The van der Waals surface area contributed by atoms with Gasteiger partial charge in [-0.05, 0) is 47.1 Å². The molecule has 2 unspecified atom stereocenters. The van der Waals surface area contributed by atoms with Crippen molar-refractivity contribution in [3.8, 4) is 0 Å². The van der Waals surface area contributed by atoms with Crippen molar-refractivity contribution >= 4 is 0 Å². The molecule has 2 atom stereocenters. The third-order valence-corrected chi connectivity index (χ3v) is 2.85. The first kappa shape index (κ1) is 11.0. The molecule has 78 valence electrons. The second kappa shape index (κ2) is 4.94. The largest absolute Gasteiger partial charge is 0.315 e. The fourth-order valence-electron chi connectivity index (χ4n) is 2.18. The molecule has 1 N–H and O–H groups in total. The van der Waals surface area contributed by atoms with Crippen LogP contribution in [0.25, 0.3) is 0 Å². The van der Waals surface area contributed by atoms with Crippen LogP contribution in [0.4, 0.5) is 0 Å². The van der Waals surface area contributed by atoms with E-state index >= 15 is 0 Å². The van der Waals surface area contributed by atoms with Gasteiger partial charge in [0.15, 0.2) is 0 Å². The minimum absolute atomic E-state index is 0.705. The summed E-state index contributed by atoms with van der Waals surface area (Å²) in [5.74, 6) is 0.825. The van der Waals surface area contributed by atoms with E-state index in [0.29, 0.717) is 6.04 Å². The number of hydrogen-bond donors (Lipinski definition) is 1. The van der Waals surface area contributed by atoms with Crippen LogP contribution in [0.2, 0.25) is 0 Å². The van der Waals surface area contributed by atoms with Gasteiger partial charge in [-0.1, -0.05) is 0 Å². The Kier molecular flexibility index (Phi) is 4.16. The van der Waals surface area contributed by atoms with Gasteiger partial charge >= 0.3 is 0 Å². The molecule has 1 fully saturated rings. The van der Waals surface area contributed by atoms with E-state index < -0.39 is 0 Å². The minimum atomic E-state index is 0.705. The second-order valence-electron chi connectivity index (χ2n) is 4.55. The van der Waals surface area contributed by atoms with Gasteiger partial charge in [0.1, 0.15) is 0 Å². The molecule has 0 saturated carbocycles. The Labute approximate surface area is 82.1 Å². The molecule has 0 aliphatic carbocycles. The van der Waals surface area contributed by atoms with E-state index in [0.717, 1.165) is 12.5 Å². The highest BCUT2D eigenvalue weighted by molar-refractivity contribution is 4.84. The molecule has 1 aliphatic heterocycles. The topological polar surface area (TPSA) is 18.5 Å². The molecule has 1 rings (SSSR count). The van der Waals surface area contributed by atoms with Crippen LogP contribution in [-0.4, -0.2) is 63.7 Å². The average molecular weight is 185 g/mol. The summed E-state index contributed by atoms with van der Waals surface area (Å²) in [6.07, 6.45) is 1.31. The minimum Gasteiger partial charge on any atom is -0.315 e. The maximum atomic E-state index is 3.46. The van der Waals surface area contributed by atoms with Gasteiger partial charge in [-0.3, -0.25) is 0 Å². The van der Waals surface area contributed by atoms with Crippen molar-refractivity contribution in [3.63, 3.8) is 0 Å². The number of rotatable bonds is 3. The lowest BCUT2D eigenvalue weighted by molar-refractivity contribution is 0.141. The average Bonchev–Trinajstić information content (AvgIpc) is 2.03. The van der Waals surface area contributed by atoms with Crippen LogP contribution in [0.15, 0.2) is 0 Å². The third kappa shape index (κ3) is 3.25. The van der Waals surface area contributed by atoms with Crippen LogP contribution in [0, 0.1) is 5.92 Å². The fraction of sp³-hybridized carbons (Fsp3) is 1.00. The summed E-state index contributed by atoms with van der Waals surface area (Å²) >= 11 is 0. The zero-order valence-electron chi connectivity index (χ0n) is 9.38. The van der Waals surface area contributed by atoms with Gasteiger partial charge in [-0.15, -0.1) is 0 Å². The Bertz CT molecular complexity index is 145. The van der Waals surface area contributed by atoms with Crippen LogP contribution in [0.5, 0.6) is 0 Å². The molecule has 1 aliphatic rings. The Morgan fingerprint density at radius 3 is 2.46 bits per heavy atom. The molecular weight excluding hydrogens is 162 g/mol. The lowest BCUT2D eigenvalue weighted by Crippen LogP contribution is -2.51. The van der Waals surface area contributed by atoms with Crippen molar-refractivity contribution in [1.82, 2.24) is 15.1 Å². The lowest BCUT2D eigenvalue weighted by atomic mass is 9.91. The van der Waals surface area contributed by atoms with Crippen LogP contribution in [0.1, 0.15) is 6.42 Å². The molecule has 0 aromatic heterocycles. The molecule has 3 nitrogen and oxygen atoms in total. The zero-order valence-corrected chi connectivity index (χ0v) is 9.38. The Hall–Kier alpha value is -0.120. The molecular formula is C10H23N3. The fourth-order valence-corrected chi connectivity index (χ4v) is 2.18. The Morgan fingerprint density at radius 1 is 1.23 bits per heavy atom. The summed E-state index contributed by atoms with van der Waals surface area (Å²) in [7, 11) is 8.68. The van der Waals surface area contributed by atoms with E-state index in [9.17, 15) is 0 Å². The summed E-state index contributed by atoms with van der Waals surface area (Å²) in [5, 5.41) is 3.46. The second-order valence-corrected chi connectivity index (χ2v) is 4.55. The number of nitrogens with one attached hydrogen (secondary N) is 1. The first-order valence-corrected chi connectivity index (χ1v) is 5.13. The van der Waals surface area contributed by atoms with Gasteiger partial charge in [0.05, 0.1) is 0 Å². The van der Waals surface area contributed by atoms with Crippen LogP contribution < -0.4 is 5.32 Å². The van der Waals surface area contributed by atoms with E-state index in [1.807, 2.05) is 0 Å². The molecule has 1 saturated heterocycles. The highest BCUT2D eigenvalue weighted by Gasteiger charge is 2.26. The SMILES string of the molecule is CN(C)CC1CCNCC1N(C)C. The first-order valence-electron chi connectivity index (χ1n) is 5.13. The standard InChI is InChI=1S/C10H23N3/c1-12(2)8-9-5-6-11-7-10(9)13(3)4/h9-11H,5-8H2,1-4H3. The summed E-state index contributed by atoms with van der Waals surface area (Å²) in [6.45, 7) is 3.54. The van der Waals surface area contributed by atoms with E-state index in [4.69, 9.17) is 0 Å². The zero-order chi connectivity index (χ0) is 9.84. The van der Waals surface area contributed by atoms with Crippen molar-refractivity contribution in [2.75, 3.05) is 47.8 Å². The Balaban J connectivity index is 2.46. The predicted octanol–water partition coefficient (Wildman–Crippen LogP) is 0.0877. The first-order chi connectivity index (χ1) is 6.11. The van der Waals surface area contributed by atoms with Crippen LogP contribution in [0.3, 0.4) is 0 Å². The lowest BCUT2D eigenvalue weighted by Gasteiger charge is -2.37. The van der Waals surface area contributed by atoms with Gasteiger partial charge in [0.25, 0.3) is 0 Å². The van der Waals surface area contributed by atoms with Crippen molar-refractivity contribution in [1.29, 1.82) is 0 Å². The van der Waals surface area contributed by atoms with Crippen LogP contribution in [-0.2, 0) is 0 Å². The molecule has 3 heteroatoms. The molecule has 1 heterocycles. The van der Waals surface area contributed by atoms with E-state index in [1.165, 1.54) is 19.5 Å². The van der Waals surface area contributed by atoms with Crippen molar-refractivity contribution in [2.45, 2.75) is 12.5 Å². The van der Waals surface area contributed by atoms with E-state index in [1.54, 1.807) is 0 Å². The quantitative estimate of drug-likeness (QED) is 0.672. The molecule has 0 radical (unpaired) electrons. The molecule has 0 bridgehead atoms. The number of nitrogens with zero attached hydrogens (tertiary/aromatic N) is 2. The van der Waals surface area contributed by atoms with Crippen LogP contribution >= 0.6 is 0 Å². The highest BCUT2D eigenvalue weighted by Crippen LogP contribution is 2.16. The monoisotopic (exact) mass is 185 g/mol. The van der Waals surface area contributed by atoms with Gasteiger partial charge in [0, 0.05) is 19.1 Å². The Morgan fingerprint density at radius 2 is 1.92 bits per heavy atom. The smallest absolute Gasteiger partial charge is 0.0255 e. The van der Waals surface area contributed by atoms with Crippen molar-refractivity contribution in [3.05, 3.63) is 0 Å². The van der Waals surface area contributed by atoms with Gasteiger partial charge in [-0.25, -0.2) is 0 Å². The van der Waals surface area contributed by atoms with Gasteiger partial charge in [-0.2, -0.15) is 0 Å². The van der Waals surface area contributed by atoms with E-state index in [2.05, 4.69) is 43.3 Å².